The van der Waals surface area contributed by atoms with Gasteiger partial charge in [0.15, 0.2) is 16.2 Å². The lowest BCUT2D eigenvalue weighted by Gasteiger charge is -2.34. The fourth-order valence-electron chi connectivity index (χ4n) is 3.16. The average Bonchev–Trinajstić information content (AvgIpc) is 2.63. The van der Waals surface area contributed by atoms with E-state index in [4.69, 9.17) is 46.4 Å². The number of hydrogen-bond acceptors (Lipinski definition) is 4. The van der Waals surface area contributed by atoms with Gasteiger partial charge in [-0.25, -0.2) is 0 Å². The lowest BCUT2D eigenvalue weighted by Crippen LogP contribution is -2.39. The molecule has 3 rings (SSSR count). The van der Waals surface area contributed by atoms with Crippen LogP contribution in [0.3, 0.4) is 0 Å². The molecule has 0 fully saturated rings. The summed E-state index contributed by atoms with van der Waals surface area (Å²) in [5.41, 5.74) is -0.393. The van der Waals surface area contributed by atoms with Gasteiger partial charge in [0.05, 0.1) is 0 Å². The molecule has 0 radical (unpaired) electrons. The van der Waals surface area contributed by atoms with Crippen molar-refractivity contribution in [1.29, 1.82) is 0 Å². The van der Waals surface area contributed by atoms with E-state index in [0.29, 0.717) is 0 Å². The third-order valence-electron chi connectivity index (χ3n) is 4.38. The number of phenolic OH excluding ortho intramolecular Hbond substituents is 2. The molecular formula is C19H12Cl4O5S. The summed E-state index contributed by atoms with van der Waals surface area (Å²) < 4.78 is 34.1. The molecular weight excluding hydrogens is 482 g/mol. The largest absolute Gasteiger partial charge is 0.504 e. The minimum absolute atomic E-state index is 0.0457. The van der Waals surface area contributed by atoms with Crippen molar-refractivity contribution in [3.8, 4) is 11.5 Å². The fraction of sp³-hybridized carbons (Fsp3) is 0.0526. The molecule has 3 aromatic carbocycles. The lowest BCUT2D eigenvalue weighted by atomic mass is 9.83. The summed E-state index contributed by atoms with van der Waals surface area (Å²) in [7, 11) is -5.07. The zero-order valence-electron chi connectivity index (χ0n) is 14.3. The molecule has 0 aliphatic carbocycles. The molecule has 0 heterocycles. The van der Waals surface area contributed by atoms with Crippen molar-refractivity contribution in [2.75, 3.05) is 0 Å². The van der Waals surface area contributed by atoms with E-state index in [1.54, 1.807) is 0 Å². The van der Waals surface area contributed by atoms with Gasteiger partial charge in [0, 0.05) is 31.2 Å². The van der Waals surface area contributed by atoms with Gasteiger partial charge in [-0.2, -0.15) is 8.42 Å². The first-order valence-corrected chi connectivity index (χ1v) is 10.8. The van der Waals surface area contributed by atoms with E-state index in [-0.39, 0.29) is 36.8 Å². The van der Waals surface area contributed by atoms with E-state index in [1.165, 1.54) is 42.5 Å². The molecule has 0 aliphatic heterocycles. The van der Waals surface area contributed by atoms with Crippen LogP contribution in [0.4, 0.5) is 0 Å². The smallest absolute Gasteiger partial charge is 0.283 e. The van der Waals surface area contributed by atoms with Crippen molar-refractivity contribution < 1.29 is 23.2 Å². The van der Waals surface area contributed by atoms with Crippen LogP contribution in [0.25, 0.3) is 0 Å². The van der Waals surface area contributed by atoms with Crippen LogP contribution in [-0.2, 0) is 14.9 Å². The third-order valence-corrected chi connectivity index (χ3v) is 6.96. The van der Waals surface area contributed by atoms with Crippen molar-refractivity contribution in [1.82, 2.24) is 0 Å². The van der Waals surface area contributed by atoms with Crippen LogP contribution in [-0.4, -0.2) is 23.2 Å². The van der Waals surface area contributed by atoms with Gasteiger partial charge in [-0.05, 0) is 54.1 Å². The molecule has 0 amide bonds. The van der Waals surface area contributed by atoms with Gasteiger partial charge < -0.3 is 10.2 Å². The molecule has 0 saturated heterocycles. The van der Waals surface area contributed by atoms with E-state index in [0.717, 1.165) is 12.1 Å². The van der Waals surface area contributed by atoms with Gasteiger partial charge in [-0.15, -0.1) is 0 Å². The molecule has 3 N–H and O–H groups in total. The van der Waals surface area contributed by atoms with E-state index >= 15 is 0 Å². The summed E-state index contributed by atoms with van der Waals surface area (Å²) in [6, 6.07) is 11.4. The van der Waals surface area contributed by atoms with Crippen LogP contribution in [0, 0.1) is 0 Å². The summed E-state index contributed by atoms with van der Waals surface area (Å²) in [5, 5.41) is 19.9. The van der Waals surface area contributed by atoms with Crippen molar-refractivity contribution in [2.45, 2.75) is 4.75 Å². The summed E-state index contributed by atoms with van der Waals surface area (Å²) in [4.78, 5) is 0. The van der Waals surface area contributed by atoms with Crippen molar-refractivity contribution in [2.24, 2.45) is 0 Å². The SMILES string of the molecule is O=S(=O)(O)C(c1ccc(O)c(O)c1)(c1cc(Cl)ccc1Cl)c1cc(Cl)ccc1Cl. The van der Waals surface area contributed by atoms with Gasteiger partial charge >= 0.3 is 0 Å². The Kier molecular flexibility index (Phi) is 5.98. The molecule has 0 spiro atoms. The Bertz CT molecular complexity index is 1160. The summed E-state index contributed by atoms with van der Waals surface area (Å²) in [5.74, 6) is -1.11. The molecule has 5 nitrogen and oxygen atoms in total. The third kappa shape index (κ3) is 3.77. The molecule has 0 aliphatic rings. The highest BCUT2D eigenvalue weighted by molar-refractivity contribution is 7.87. The van der Waals surface area contributed by atoms with Gasteiger partial charge in [0.25, 0.3) is 10.1 Å². The maximum atomic E-state index is 13.0. The van der Waals surface area contributed by atoms with Crippen LogP contribution in [0.15, 0.2) is 54.6 Å². The maximum absolute atomic E-state index is 13.0. The summed E-state index contributed by atoms with van der Waals surface area (Å²) in [6.07, 6.45) is 0. The van der Waals surface area contributed by atoms with Crippen LogP contribution in [0.5, 0.6) is 11.5 Å². The number of hydrogen-bond donors (Lipinski definition) is 3. The molecule has 0 aromatic heterocycles. The van der Waals surface area contributed by atoms with Gasteiger partial charge in [0.1, 0.15) is 0 Å². The zero-order chi connectivity index (χ0) is 21.6. The fourth-order valence-corrected chi connectivity index (χ4v) is 5.45. The van der Waals surface area contributed by atoms with Crippen molar-refractivity contribution >= 4 is 56.5 Å². The highest BCUT2D eigenvalue weighted by Crippen LogP contribution is 2.50. The Morgan fingerprint density at radius 3 is 1.59 bits per heavy atom. The van der Waals surface area contributed by atoms with Crippen molar-refractivity contribution in [3.05, 3.63) is 91.4 Å². The Morgan fingerprint density at radius 1 is 0.690 bits per heavy atom. The van der Waals surface area contributed by atoms with Gasteiger partial charge in [-0.1, -0.05) is 52.5 Å². The normalized spacial score (nSPS) is 12.2. The van der Waals surface area contributed by atoms with E-state index in [9.17, 15) is 23.2 Å². The minimum atomic E-state index is -5.07. The molecule has 0 bridgehead atoms. The van der Waals surface area contributed by atoms with E-state index < -0.39 is 26.4 Å². The molecule has 10 heteroatoms. The first-order chi connectivity index (χ1) is 13.5. The van der Waals surface area contributed by atoms with Crippen LogP contribution >= 0.6 is 46.4 Å². The first kappa shape index (κ1) is 22.0. The van der Waals surface area contributed by atoms with Crippen LogP contribution in [0.2, 0.25) is 20.1 Å². The van der Waals surface area contributed by atoms with Crippen LogP contribution < -0.4 is 0 Å². The Balaban J connectivity index is 2.62. The highest BCUT2D eigenvalue weighted by atomic mass is 35.5. The molecule has 29 heavy (non-hydrogen) atoms. The van der Waals surface area contributed by atoms with Gasteiger partial charge in [-0.3, -0.25) is 4.55 Å². The van der Waals surface area contributed by atoms with Crippen LogP contribution in [0.1, 0.15) is 16.7 Å². The molecule has 0 atom stereocenters. The average molecular weight is 494 g/mol. The Labute approximate surface area is 186 Å². The Hall–Kier alpha value is -1.67. The van der Waals surface area contributed by atoms with E-state index in [1.807, 2.05) is 0 Å². The second kappa shape index (κ2) is 7.87. The van der Waals surface area contributed by atoms with E-state index in [2.05, 4.69) is 0 Å². The number of benzene rings is 3. The van der Waals surface area contributed by atoms with Crippen molar-refractivity contribution in [3.63, 3.8) is 0 Å². The predicted octanol–water partition coefficient (Wildman–Crippen LogP) is 5.89. The second-order valence-electron chi connectivity index (χ2n) is 6.11. The molecule has 152 valence electrons. The minimum Gasteiger partial charge on any atom is -0.504 e. The number of phenols is 2. The topological polar surface area (TPSA) is 94.8 Å². The molecule has 0 unspecified atom stereocenters. The van der Waals surface area contributed by atoms with Gasteiger partial charge in [0.2, 0.25) is 0 Å². The monoisotopic (exact) mass is 492 g/mol. The predicted molar refractivity (Wildman–Crippen MR) is 114 cm³/mol. The number of aromatic hydroxyl groups is 2. The number of rotatable bonds is 4. The first-order valence-electron chi connectivity index (χ1n) is 7.89. The lowest BCUT2D eigenvalue weighted by molar-refractivity contribution is 0.402. The summed E-state index contributed by atoms with van der Waals surface area (Å²) in [6.45, 7) is 0. The highest BCUT2D eigenvalue weighted by Gasteiger charge is 2.51. The molecule has 3 aromatic rings. The Morgan fingerprint density at radius 2 is 1.17 bits per heavy atom. The molecule has 0 saturated carbocycles. The second-order valence-corrected chi connectivity index (χ2v) is 9.36. The zero-order valence-corrected chi connectivity index (χ0v) is 18.1. The number of halogens is 4. The quantitative estimate of drug-likeness (QED) is 0.239. The summed E-state index contributed by atoms with van der Waals surface area (Å²) >= 11 is 24.8. The maximum Gasteiger partial charge on any atom is 0.283 e. The standard InChI is InChI=1S/C19H12Cl4O5S/c20-11-2-4-15(22)13(8-11)19(29(26,27)28,10-1-6-17(24)18(25)7-10)14-9-12(21)3-5-16(14)23/h1-9,24-25H,(H,26,27,28).